The minimum absolute atomic E-state index is 0.119. The Balaban J connectivity index is 1.48. The summed E-state index contributed by atoms with van der Waals surface area (Å²) < 4.78 is 31.7. The molecule has 1 N–H and O–H groups in total. The lowest BCUT2D eigenvalue weighted by molar-refractivity contribution is -0.132. The monoisotopic (exact) mass is 610 g/mol. The second-order valence-electron chi connectivity index (χ2n) is 9.92. The van der Waals surface area contributed by atoms with E-state index in [9.17, 15) is 19.1 Å². The first-order chi connectivity index (χ1) is 21.4. The summed E-state index contributed by atoms with van der Waals surface area (Å²) >= 11 is 1.08. The van der Waals surface area contributed by atoms with Gasteiger partial charge in [0.05, 0.1) is 35.5 Å². The van der Waals surface area contributed by atoms with Gasteiger partial charge in [-0.05, 0) is 72.6 Å². The number of carbonyl (C=O) groups is 2. The number of ether oxygens (including phenoxy) is 3. The van der Waals surface area contributed by atoms with Gasteiger partial charge in [-0.15, -0.1) is 0 Å². The molecular weight excluding hydrogens is 583 g/mol. The number of aromatic nitrogens is 1. The molecule has 5 aromatic rings. The Hall–Kier alpha value is -5.22. The van der Waals surface area contributed by atoms with Crippen molar-refractivity contribution in [3.63, 3.8) is 0 Å². The molecule has 1 atom stereocenters. The molecule has 1 aliphatic rings. The van der Waals surface area contributed by atoms with E-state index in [-0.39, 0.29) is 16.5 Å². The summed E-state index contributed by atoms with van der Waals surface area (Å²) in [5.41, 5.74) is 2.14. The molecule has 8 nitrogen and oxygen atoms in total. The highest BCUT2D eigenvalue weighted by Crippen LogP contribution is 2.46. The molecule has 1 saturated heterocycles. The summed E-state index contributed by atoms with van der Waals surface area (Å²) in [5.74, 6) is -1.11. The number of fused-ring (bicyclic) bond motifs is 1. The number of ketones is 1. The van der Waals surface area contributed by atoms with E-state index in [1.165, 1.54) is 30.2 Å². The van der Waals surface area contributed by atoms with Crippen LogP contribution >= 0.6 is 11.3 Å². The molecule has 222 valence electrons. The lowest BCUT2D eigenvalue weighted by atomic mass is 9.95. The van der Waals surface area contributed by atoms with E-state index < -0.39 is 23.5 Å². The molecule has 1 fully saturated rings. The Morgan fingerprint density at radius 3 is 2.45 bits per heavy atom. The van der Waals surface area contributed by atoms with Crippen molar-refractivity contribution in [3.05, 3.63) is 119 Å². The van der Waals surface area contributed by atoms with Gasteiger partial charge in [0.25, 0.3) is 5.78 Å². The minimum Gasteiger partial charge on any atom is -0.507 e. The molecule has 1 amide bonds. The quantitative estimate of drug-likeness (QED) is 0.109. The number of carbonyl (C=O) groups excluding carboxylic acids is 2. The molecule has 2 heterocycles. The molecule has 6 rings (SSSR count). The Morgan fingerprint density at radius 1 is 0.955 bits per heavy atom. The number of aliphatic hydroxyl groups excluding tert-OH is 1. The van der Waals surface area contributed by atoms with E-state index in [4.69, 9.17) is 14.2 Å². The number of Topliss-reactive ketones (excluding diaryl/α,β-unsaturated/α-hetero) is 1. The molecule has 44 heavy (non-hydrogen) atoms. The number of nitrogens with zero attached hydrogens (tertiary/aromatic N) is 2. The van der Waals surface area contributed by atoms with Crippen LogP contribution < -0.4 is 19.1 Å². The SMILES string of the molecule is CCOc1cc(C2/C(=C(\O)c3ccc(OC)cc3)C(=O)C(=O)N2c2nc3ccc(F)cc3s2)ccc1OCc1ccccc1. The average Bonchev–Trinajstić information content (AvgIpc) is 3.57. The third kappa shape index (κ3) is 5.47. The summed E-state index contributed by atoms with van der Waals surface area (Å²) in [5, 5.41) is 11.7. The smallest absolute Gasteiger partial charge is 0.301 e. The van der Waals surface area contributed by atoms with Gasteiger partial charge in [-0.2, -0.15) is 0 Å². The number of rotatable bonds is 9. The zero-order valence-electron chi connectivity index (χ0n) is 23.8. The summed E-state index contributed by atoms with van der Waals surface area (Å²) in [6, 6.07) is 24.4. The van der Waals surface area contributed by atoms with Gasteiger partial charge in [-0.25, -0.2) is 9.37 Å². The predicted molar refractivity (Wildman–Crippen MR) is 166 cm³/mol. The maximum atomic E-state index is 14.0. The van der Waals surface area contributed by atoms with E-state index in [1.807, 2.05) is 37.3 Å². The van der Waals surface area contributed by atoms with E-state index in [1.54, 1.807) is 42.5 Å². The van der Waals surface area contributed by atoms with Crippen LogP contribution in [0.15, 0.2) is 96.6 Å². The molecule has 1 aromatic heterocycles. The fraction of sp³-hybridized carbons (Fsp3) is 0.147. The standard InChI is InChI=1S/C34H27FN2O6S/c1-3-42-27-17-22(11-16-26(27)43-19-20-7-5-4-6-8-20)30-29(31(38)21-9-13-24(41-2)14-10-21)32(39)33(40)37(30)34-36-25-15-12-23(35)18-28(25)44-34/h4-18,30,38H,3,19H2,1-2H3/b31-29+. The van der Waals surface area contributed by atoms with Crippen LogP contribution in [0.3, 0.4) is 0 Å². The van der Waals surface area contributed by atoms with E-state index in [2.05, 4.69) is 4.98 Å². The number of benzene rings is 4. The Bertz CT molecular complexity index is 1890. The van der Waals surface area contributed by atoms with Crippen molar-refractivity contribution >= 4 is 44.1 Å². The molecule has 0 radical (unpaired) electrons. The van der Waals surface area contributed by atoms with Crippen LogP contribution in [0.5, 0.6) is 17.2 Å². The normalized spacial score (nSPS) is 16.0. The summed E-state index contributed by atoms with van der Waals surface area (Å²) in [4.78, 5) is 33.1. The number of aliphatic hydroxyl groups is 1. The molecule has 0 bridgehead atoms. The van der Waals surface area contributed by atoms with Gasteiger partial charge >= 0.3 is 5.91 Å². The van der Waals surface area contributed by atoms with Gasteiger partial charge < -0.3 is 19.3 Å². The zero-order valence-corrected chi connectivity index (χ0v) is 24.6. The van der Waals surface area contributed by atoms with Crippen LogP contribution in [0.2, 0.25) is 0 Å². The van der Waals surface area contributed by atoms with Gasteiger partial charge in [0, 0.05) is 5.56 Å². The average molecular weight is 611 g/mol. The largest absolute Gasteiger partial charge is 0.507 e. The number of methoxy groups -OCH3 is 1. The molecule has 1 aliphatic heterocycles. The summed E-state index contributed by atoms with van der Waals surface area (Å²) in [7, 11) is 1.52. The van der Waals surface area contributed by atoms with Crippen molar-refractivity contribution in [2.24, 2.45) is 0 Å². The fourth-order valence-electron chi connectivity index (χ4n) is 5.06. The maximum Gasteiger partial charge on any atom is 0.301 e. The number of amides is 1. The number of hydrogen-bond donors (Lipinski definition) is 1. The maximum absolute atomic E-state index is 14.0. The molecular formula is C34H27FN2O6S. The van der Waals surface area contributed by atoms with Crippen LogP contribution in [0.25, 0.3) is 16.0 Å². The molecule has 1 unspecified atom stereocenters. The zero-order chi connectivity index (χ0) is 30.8. The highest BCUT2D eigenvalue weighted by molar-refractivity contribution is 7.22. The molecule has 0 saturated carbocycles. The molecule has 0 spiro atoms. The Kier molecular flexibility index (Phi) is 7.99. The second kappa shape index (κ2) is 12.2. The lowest BCUT2D eigenvalue weighted by Crippen LogP contribution is -2.29. The van der Waals surface area contributed by atoms with Crippen LogP contribution in [-0.4, -0.2) is 35.5 Å². The Morgan fingerprint density at radius 2 is 1.73 bits per heavy atom. The molecule has 0 aliphatic carbocycles. The van der Waals surface area contributed by atoms with Gasteiger partial charge in [0.2, 0.25) is 0 Å². The first kappa shape index (κ1) is 28.9. The second-order valence-corrected chi connectivity index (χ2v) is 10.9. The van der Waals surface area contributed by atoms with E-state index in [0.29, 0.717) is 51.8 Å². The highest BCUT2D eigenvalue weighted by atomic mass is 32.1. The molecule has 4 aromatic carbocycles. The van der Waals surface area contributed by atoms with Gasteiger partial charge in [0.15, 0.2) is 16.6 Å². The van der Waals surface area contributed by atoms with Crippen LogP contribution in [0.4, 0.5) is 9.52 Å². The third-order valence-electron chi connectivity index (χ3n) is 7.17. The van der Waals surface area contributed by atoms with Crippen LogP contribution in [0, 0.1) is 5.82 Å². The molecule has 10 heteroatoms. The number of hydrogen-bond acceptors (Lipinski definition) is 8. The first-order valence-electron chi connectivity index (χ1n) is 13.8. The van der Waals surface area contributed by atoms with Crippen LogP contribution in [-0.2, 0) is 16.2 Å². The third-order valence-corrected chi connectivity index (χ3v) is 8.19. The fourth-order valence-corrected chi connectivity index (χ4v) is 6.07. The predicted octanol–water partition coefficient (Wildman–Crippen LogP) is 7.05. The van der Waals surface area contributed by atoms with Crippen LogP contribution in [0.1, 0.15) is 29.7 Å². The van der Waals surface area contributed by atoms with E-state index >= 15 is 0 Å². The van der Waals surface area contributed by atoms with Crippen molar-refractivity contribution in [3.8, 4) is 17.2 Å². The Labute approximate surface area is 256 Å². The number of thiazole rings is 1. The first-order valence-corrected chi connectivity index (χ1v) is 14.6. The lowest BCUT2D eigenvalue weighted by Gasteiger charge is -2.24. The van der Waals surface area contributed by atoms with Crippen molar-refractivity contribution in [1.82, 2.24) is 4.98 Å². The van der Waals surface area contributed by atoms with Gasteiger partial charge in [-0.1, -0.05) is 47.7 Å². The van der Waals surface area contributed by atoms with Crippen molar-refractivity contribution in [2.75, 3.05) is 18.6 Å². The van der Waals surface area contributed by atoms with Crippen molar-refractivity contribution < 1.29 is 33.3 Å². The highest BCUT2D eigenvalue weighted by Gasteiger charge is 2.48. The topological polar surface area (TPSA) is 98.2 Å². The minimum atomic E-state index is -1.06. The van der Waals surface area contributed by atoms with Gasteiger partial charge in [-0.3, -0.25) is 14.5 Å². The van der Waals surface area contributed by atoms with Crippen molar-refractivity contribution in [1.29, 1.82) is 0 Å². The van der Waals surface area contributed by atoms with E-state index in [0.717, 1.165) is 16.9 Å². The van der Waals surface area contributed by atoms with Crippen molar-refractivity contribution in [2.45, 2.75) is 19.6 Å². The number of anilines is 1. The number of halogens is 1. The summed E-state index contributed by atoms with van der Waals surface area (Å²) in [6.07, 6.45) is 0. The van der Waals surface area contributed by atoms with Gasteiger partial charge in [0.1, 0.15) is 23.9 Å². The summed E-state index contributed by atoms with van der Waals surface area (Å²) in [6.45, 7) is 2.47.